The number of nitrogens with two attached hydrogens (primary N) is 1. The van der Waals surface area contributed by atoms with Gasteiger partial charge in [0.2, 0.25) is 27.2 Å². The van der Waals surface area contributed by atoms with Crippen LogP contribution in [-0.4, -0.2) is 26.9 Å². The van der Waals surface area contributed by atoms with E-state index < -0.39 is 38.5 Å². The Balaban J connectivity index is 3.42. The van der Waals surface area contributed by atoms with Gasteiger partial charge in [-0.25, -0.2) is 13.6 Å². The maximum Gasteiger partial charge on any atom is 0.574 e. The van der Waals surface area contributed by atoms with Gasteiger partial charge in [-0.1, -0.05) is 0 Å². The van der Waals surface area contributed by atoms with Crippen molar-refractivity contribution in [2.45, 2.75) is 11.3 Å². The van der Waals surface area contributed by atoms with Crippen LogP contribution < -0.4 is 20.0 Å². The zero-order valence-electron chi connectivity index (χ0n) is 8.74. The second-order valence-electron chi connectivity index (χ2n) is 2.95. The first-order valence-electron chi connectivity index (χ1n) is 4.14. The summed E-state index contributed by atoms with van der Waals surface area (Å²) in [5, 5.41) is 4.72. The van der Waals surface area contributed by atoms with Gasteiger partial charge in [0, 0.05) is 6.07 Å². The van der Waals surface area contributed by atoms with Crippen molar-refractivity contribution < 1.29 is 31.1 Å². The third-order valence-electron chi connectivity index (χ3n) is 1.64. The van der Waals surface area contributed by atoms with Crippen LogP contribution in [0.2, 0.25) is 0 Å². The fourth-order valence-electron chi connectivity index (χ4n) is 1.09. The summed E-state index contributed by atoms with van der Waals surface area (Å²) in [6, 6.07) is 0.301. The lowest BCUT2D eigenvalue weighted by atomic mass is 10.4. The highest BCUT2D eigenvalue weighted by Gasteiger charge is 2.33. The number of pyridine rings is 1. The lowest BCUT2D eigenvalue weighted by Crippen LogP contribution is -2.25. The monoisotopic (exact) mass is 288 g/mol. The van der Waals surface area contributed by atoms with Crippen LogP contribution in [0.15, 0.2) is 15.8 Å². The van der Waals surface area contributed by atoms with Crippen molar-refractivity contribution in [3.8, 4) is 11.8 Å². The molecule has 0 aromatic carbocycles. The van der Waals surface area contributed by atoms with Gasteiger partial charge in [0.15, 0.2) is 4.90 Å². The summed E-state index contributed by atoms with van der Waals surface area (Å²) in [7, 11) is -3.50. The molecule has 1 heterocycles. The van der Waals surface area contributed by atoms with Crippen molar-refractivity contribution in [1.29, 1.82) is 0 Å². The highest BCUT2D eigenvalue weighted by atomic mass is 32.2. The van der Waals surface area contributed by atoms with Crippen molar-refractivity contribution in [1.82, 2.24) is 4.98 Å². The molecule has 0 aliphatic rings. The summed E-state index contributed by atoms with van der Waals surface area (Å²) in [6.45, 7) is 0. The minimum absolute atomic E-state index is 0.301. The molecule has 0 amide bonds. The summed E-state index contributed by atoms with van der Waals surface area (Å²) in [5.41, 5.74) is -1.28. The van der Waals surface area contributed by atoms with Crippen molar-refractivity contribution in [3.63, 3.8) is 0 Å². The quantitative estimate of drug-likeness (QED) is 0.808. The lowest BCUT2D eigenvalue weighted by Gasteiger charge is -2.11. The molecule has 1 aromatic heterocycles. The van der Waals surface area contributed by atoms with Gasteiger partial charge in [-0.15, -0.1) is 13.2 Å². The predicted molar refractivity (Wildman–Crippen MR) is 51.7 cm³/mol. The van der Waals surface area contributed by atoms with Crippen LogP contribution >= 0.6 is 0 Å². The molecule has 0 atom stereocenters. The fourth-order valence-corrected chi connectivity index (χ4v) is 1.83. The first kappa shape index (κ1) is 14.3. The summed E-state index contributed by atoms with van der Waals surface area (Å²) in [6.07, 6.45) is -5.04. The number of methoxy groups -OCH3 is 1. The van der Waals surface area contributed by atoms with Crippen LogP contribution in [0.5, 0.6) is 11.8 Å². The van der Waals surface area contributed by atoms with Crippen LogP contribution in [0.4, 0.5) is 13.2 Å². The summed E-state index contributed by atoms with van der Waals surface area (Å²) in [4.78, 5) is 12.2. The number of hydrogen-bond donors (Lipinski definition) is 2. The highest BCUT2D eigenvalue weighted by molar-refractivity contribution is 7.89. The molecule has 11 heteroatoms. The first-order valence-corrected chi connectivity index (χ1v) is 5.69. The van der Waals surface area contributed by atoms with E-state index in [1.165, 1.54) is 0 Å². The van der Waals surface area contributed by atoms with E-state index in [4.69, 9.17) is 5.14 Å². The van der Waals surface area contributed by atoms with E-state index >= 15 is 0 Å². The van der Waals surface area contributed by atoms with Crippen LogP contribution in [0, 0.1) is 0 Å². The summed E-state index contributed by atoms with van der Waals surface area (Å²) < 4.78 is 65.7. The Morgan fingerprint density at radius 2 is 1.94 bits per heavy atom. The molecule has 1 aromatic rings. The Morgan fingerprint density at radius 1 is 1.39 bits per heavy atom. The molecule has 0 aliphatic carbocycles. The summed E-state index contributed by atoms with van der Waals surface area (Å²) in [5.74, 6) is -1.76. The van der Waals surface area contributed by atoms with Crippen molar-refractivity contribution in [2.24, 2.45) is 5.14 Å². The molecule has 0 saturated carbocycles. The number of rotatable bonds is 3. The molecule has 0 spiro atoms. The SMILES string of the molecule is COc1[nH]c(OC(F)(F)F)cc(=O)c1S(N)(=O)=O. The molecule has 0 unspecified atom stereocenters. The molecule has 7 nitrogen and oxygen atoms in total. The Hall–Kier alpha value is -1.75. The largest absolute Gasteiger partial charge is 0.574 e. The molecule has 3 N–H and O–H groups in total. The van der Waals surface area contributed by atoms with E-state index in [1.807, 2.05) is 4.98 Å². The van der Waals surface area contributed by atoms with Crippen LogP contribution in [0.1, 0.15) is 0 Å². The number of nitrogens with one attached hydrogen (secondary N) is 1. The number of hydrogen-bond acceptors (Lipinski definition) is 5. The van der Waals surface area contributed by atoms with Gasteiger partial charge in [-0.3, -0.25) is 9.78 Å². The molecule has 102 valence electrons. The molecular weight excluding hydrogens is 281 g/mol. The van der Waals surface area contributed by atoms with Crippen LogP contribution in [0.25, 0.3) is 0 Å². The molecular formula is C7H7F3N2O5S. The number of aromatic amines is 1. The number of ether oxygens (including phenoxy) is 2. The predicted octanol–water partition coefficient (Wildman–Crippen LogP) is -0.0705. The highest BCUT2D eigenvalue weighted by Crippen LogP contribution is 2.24. The van der Waals surface area contributed by atoms with E-state index in [1.54, 1.807) is 0 Å². The van der Waals surface area contributed by atoms with Gasteiger partial charge in [0.05, 0.1) is 7.11 Å². The second-order valence-corrected chi connectivity index (χ2v) is 4.45. The maximum absolute atomic E-state index is 11.9. The van der Waals surface area contributed by atoms with E-state index in [2.05, 4.69) is 9.47 Å². The maximum atomic E-state index is 11.9. The normalized spacial score (nSPS) is 12.3. The Labute approximate surface area is 98.4 Å². The third kappa shape index (κ3) is 3.37. The molecule has 18 heavy (non-hydrogen) atoms. The average Bonchev–Trinajstić information content (AvgIpc) is 2.11. The van der Waals surface area contributed by atoms with Gasteiger partial charge in [0.25, 0.3) is 0 Å². The number of sulfonamides is 1. The second kappa shape index (κ2) is 4.49. The number of H-pyrrole nitrogens is 1. The van der Waals surface area contributed by atoms with Gasteiger partial charge in [-0.2, -0.15) is 0 Å². The van der Waals surface area contributed by atoms with Crippen molar-refractivity contribution in [2.75, 3.05) is 7.11 Å². The van der Waals surface area contributed by atoms with Crippen LogP contribution in [0.3, 0.4) is 0 Å². The molecule has 0 bridgehead atoms. The van der Waals surface area contributed by atoms with Crippen LogP contribution in [-0.2, 0) is 10.0 Å². The van der Waals surface area contributed by atoms with Gasteiger partial charge in [-0.05, 0) is 0 Å². The van der Waals surface area contributed by atoms with E-state index in [0.29, 0.717) is 6.07 Å². The zero-order chi connectivity index (χ0) is 14.1. The number of alkyl halides is 3. The number of aromatic nitrogens is 1. The number of primary sulfonamides is 1. The topological polar surface area (TPSA) is 111 Å². The molecule has 1 rings (SSSR count). The summed E-state index contributed by atoms with van der Waals surface area (Å²) >= 11 is 0. The van der Waals surface area contributed by atoms with Gasteiger partial charge < -0.3 is 9.47 Å². The molecule has 0 fully saturated rings. The minimum atomic E-state index is -5.04. The Morgan fingerprint density at radius 3 is 2.33 bits per heavy atom. The van der Waals surface area contributed by atoms with E-state index in [-0.39, 0.29) is 0 Å². The van der Waals surface area contributed by atoms with E-state index in [0.717, 1.165) is 7.11 Å². The fraction of sp³-hybridized carbons (Fsp3) is 0.286. The molecule has 0 saturated heterocycles. The van der Waals surface area contributed by atoms with E-state index in [9.17, 15) is 26.4 Å². The third-order valence-corrected chi connectivity index (χ3v) is 2.60. The zero-order valence-corrected chi connectivity index (χ0v) is 9.55. The molecule has 0 aliphatic heterocycles. The van der Waals surface area contributed by atoms with Gasteiger partial charge in [0.1, 0.15) is 0 Å². The Bertz CT molecular complexity index is 606. The minimum Gasteiger partial charge on any atom is -0.481 e. The number of halogens is 3. The van der Waals surface area contributed by atoms with Crippen molar-refractivity contribution >= 4 is 10.0 Å². The lowest BCUT2D eigenvalue weighted by molar-refractivity contribution is -0.276. The first-order chi connectivity index (χ1) is 8.04. The van der Waals surface area contributed by atoms with Crippen molar-refractivity contribution in [3.05, 3.63) is 16.3 Å². The standard InChI is InChI=1S/C7H7F3N2O5S/c1-16-6-5(18(11,14)15)3(13)2-4(12-6)17-7(8,9)10/h2H,1H3,(H,12,13)(H2,11,14,15). The smallest absolute Gasteiger partial charge is 0.481 e. The average molecular weight is 288 g/mol. The molecule has 0 radical (unpaired) electrons. The Kier molecular flexibility index (Phi) is 3.57. The van der Waals surface area contributed by atoms with Gasteiger partial charge >= 0.3 is 6.36 Å².